The Bertz CT molecular complexity index is 492. The lowest BCUT2D eigenvalue weighted by atomic mass is 10.1. The summed E-state index contributed by atoms with van der Waals surface area (Å²) in [7, 11) is 1.70. The van der Waals surface area contributed by atoms with E-state index < -0.39 is 12.0 Å². The maximum absolute atomic E-state index is 12.5. The molecule has 1 unspecified atom stereocenters. The van der Waals surface area contributed by atoms with Crippen molar-refractivity contribution in [1.82, 2.24) is 14.8 Å². The molecule has 6 nitrogen and oxygen atoms in total. The molecule has 0 aliphatic carbocycles. The normalized spacial score (nSPS) is 18.9. The van der Waals surface area contributed by atoms with Crippen LogP contribution >= 0.6 is 0 Å². The zero-order chi connectivity index (χ0) is 15.2. The molecule has 1 atom stereocenters. The molecule has 114 valence electrons. The molecule has 1 fully saturated rings. The molecule has 0 spiro atoms. The van der Waals surface area contributed by atoms with Crippen molar-refractivity contribution in [2.75, 3.05) is 13.6 Å². The molecular weight excluding hydrogens is 270 g/mol. The highest BCUT2D eigenvalue weighted by Crippen LogP contribution is 2.19. The quantitative estimate of drug-likeness (QED) is 0.924. The highest BCUT2D eigenvalue weighted by atomic mass is 16.4. The second-order valence-corrected chi connectivity index (χ2v) is 5.39. The largest absolute Gasteiger partial charge is 0.480 e. The van der Waals surface area contributed by atoms with Gasteiger partial charge in [0.15, 0.2) is 0 Å². The Hall–Kier alpha value is -2.11. The van der Waals surface area contributed by atoms with Crippen LogP contribution in [0.25, 0.3) is 0 Å². The first kappa shape index (κ1) is 15.3. The highest BCUT2D eigenvalue weighted by molar-refractivity contribution is 5.82. The number of urea groups is 1. The van der Waals surface area contributed by atoms with Crippen molar-refractivity contribution in [2.24, 2.45) is 0 Å². The number of carboxylic acid groups (broad SMARTS) is 1. The van der Waals surface area contributed by atoms with Crippen LogP contribution in [-0.2, 0) is 11.3 Å². The fourth-order valence-corrected chi connectivity index (χ4v) is 2.64. The van der Waals surface area contributed by atoms with E-state index in [1.807, 2.05) is 12.1 Å². The number of carboxylic acids is 1. The van der Waals surface area contributed by atoms with Crippen LogP contribution in [-0.4, -0.2) is 51.5 Å². The van der Waals surface area contributed by atoms with E-state index >= 15 is 0 Å². The van der Waals surface area contributed by atoms with Crippen LogP contribution in [0.2, 0.25) is 0 Å². The number of carbonyl (C=O) groups is 2. The summed E-state index contributed by atoms with van der Waals surface area (Å²) in [6, 6.07) is 2.77. The van der Waals surface area contributed by atoms with Gasteiger partial charge >= 0.3 is 12.0 Å². The molecule has 2 heterocycles. The molecule has 0 saturated carbocycles. The lowest BCUT2D eigenvalue weighted by molar-refractivity contribution is -0.142. The van der Waals surface area contributed by atoms with Crippen molar-refractivity contribution in [1.29, 1.82) is 0 Å². The summed E-state index contributed by atoms with van der Waals surface area (Å²) in [6.07, 6.45) is 6.58. The molecule has 6 heteroatoms. The van der Waals surface area contributed by atoms with Gasteiger partial charge in [-0.15, -0.1) is 0 Å². The van der Waals surface area contributed by atoms with Gasteiger partial charge in [0.1, 0.15) is 6.04 Å². The highest BCUT2D eigenvalue weighted by Gasteiger charge is 2.32. The van der Waals surface area contributed by atoms with Gasteiger partial charge < -0.3 is 14.9 Å². The lowest BCUT2D eigenvalue weighted by Crippen LogP contribution is -2.49. The molecule has 2 amide bonds. The Balaban J connectivity index is 2.06. The van der Waals surface area contributed by atoms with Crippen molar-refractivity contribution >= 4 is 12.0 Å². The van der Waals surface area contributed by atoms with Gasteiger partial charge in [0, 0.05) is 32.5 Å². The summed E-state index contributed by atoms with van der Waals surface area (Å²) < 4.78 is 0. The fourth-order valence-electron chi connectivity index (χ4n) is 2.64. The minimum Gasteiger partial charge on any atom is -0.480 e. The van der Waals surface area contributed by atoms with Crippen molar-refractivity contribution in [2.45, 2.75) is 38.3 Å². The number of rotatable bonds is 3. The maximum Gasteiger partial charge on any atom is 0.326 e. The summed E-state index contributed by atoms with van der Waals surface area (Å²) in [5.74, 6) is -0.914. The van der Waals surface area contributed by atoms with Gasteiger partial charge in [-0.05, 0) is 30.5 Å². The lowest BCUT2D eigenvalue weighted by Gasteiger charge is -2.31. The first-order chi connectivity index (χ1) is 10.1. The second-order valence-electron chi connectivity index (χ2n) is 5.39. The van der Waals surface area contributed by atoms with Gasteiger partial charge in [-0.1, -0.05) is 12.8 Å². The van der Waals surface area contributed by atoms with Crippen LogP contribution in [0.3, 0.4) is 0 Å². The number of aliphatic carboxylic acids is 1. The zero-order valence-corrected chi connectivity index (χ0v) is 12.2. The number of aromatic nitrogens is 1. The van der Waals surface area contributed by atoms with E-state index in [2.05, 4.69) is 4.98 Å². The Morgan fingerprint density at radius 1 is 1.33 bits per heavy atom. The second kappa shape index (κ2) is 7.06. The topological polar surface area (TPSA) is 73.7 Å². The third kappa shape index (κ3) is 3.93. The molecule has 1 aliphatic heterocycles. The van der Waals surface area contributed by atoms with E-state index in [-0.39, 0.29) is 6.03 Å². The van der Waals surface area contributed by atoms with Crippen LogP contribution < -0.4 is 0 Å². The standard InChI is InChI=1S/C15H21N3O3/c1-17(11-12-6-8-16-9-7-12)15(21)18-10-4-2-3-5-13(18)14(19)20/h6-9,13H,2-5,10-11H2,1H3,(H,19,20). The Kier molecular flexibility index (Phi) is 5.14. The van der Waals surface area contributed by atoms with Gasteiger partial charge in [-0.25, -0.2) is 9.59 Å². The van der Waals surface area contributed by atoms with E-state index in [0.717, 1.165) is 24.8 Å². The number of likely N-dealkylation sites (tertiary alicyclic amines) is 1. The number of amides is 2. The van der Waals surface area contributed by atoms with Crippen LogP contribution in [0.1, 0.15) is 31.2 Å². The average molecular weight is 291 g/mol. The molecule has 0 bridgehead atoms. The first-order valence-corrected chi connectivity index (χ1v) is 7.23. The molecular formula is C15H21N3O3. The molecule has 1 saturated heterocycles. The van der Waals surface area contributed by atoms with Crippen LogP contribution in [0, 0.1) is 0 Å². The van der Waals surface area contributed by atoms with Crippen molar-refractivity contribution < 1.29 is 14.7 Å². The van der Waals surface area contributed by atoms with Gasteiger partial charge in [0.2, 0.25) is 0 Å². The van der Waals surface area contributed by atoms with Crippen molar-refractivity contribution in [3.05, 3.63) is 30.1 Å². The Morgan fingerprint density at radius 2 is 2.05 bits per heavy atom. The van der Waals surface area contributed by atoms with Gasteiger partial charge in [0.25, 0.3) is 0 Å². The number of hydrogen-bond acceptors (Lipinski definition) is 3. The number of carbonyl (C=O) groups excluding carboxylic acids is 1. The fraction of sp³-hybridized carbons (Fsp3) is 0.533. The summed E-state index contributed by atoms with van der Waals surface area (Å²) in [6.45, 7) is 0.959. The monoisotopic (exact) mass is 291 g/mol. The van der Waals surface area contributed by atoms with E-state index in [4.69, 9.17) is 0 Å². The third-order valence-corrected chi connectivity index (χ3v) is 3.78. The number of pyridine rings is 1. The minimum atomic E-state index is -0.914. The molecule has 2 rings (SSSR count). The van der Waals surface area contributed by atoms with E-state index in [0.29, 0.717) is 19.5 Å². The molecule has 21 heavy (non-hydrogen) atoms. The average Bonchev–Trinajstić information content (AvgIpc) is 2.73. The maximum atomic E-state index is 12.5. The molecule has 0 radical (unpaired) electrons. The molecule has 1 N–H and O–H groups in total. The molecule has 1 aromatic heterocycles. The first-order valence-electron chi connectivity index (χ1n) is 7.23. The summed E-state index contributed by atoms with van der Waals surface area (Å²) in [5.41, 5.74) is 0.975. The van der Waals surface area contributed by atoms with Crippen LogP contribution in [0.5, 0.6) is 0 Å². The Labute approximate surface area is 124 Å². The van der Waals surface area contributed by atoms with E-state index in [1.165, 1.54) is 4.90 Å². The van der Waals surface area contributed by atoms with Crippen LogP contribution in [0.15, 0.2) is 24.5 Å². The smallest absolute Gasteiger partial charge is 0.326 e. The predicted octanol–water partition coefficient (Wildman–Crippen LogP) is 1.96. The van der Waals surface area contributed by atoms with E-state index in [9.17, 15) is 14.7 Å². The summed E-state index contributed by atoms with van der Waals surface area (Å²) in [5, 5.41) is 9.33. The van der Waals surface area contributed by atoms with Gasteiger partial charge in [-0.2, -0.15) is 0 Å². The number of hydrogen-bond donors (Lipinski definition) is 1. The van der Waals surface area contributed by atoms with Crippen molar-refractivity contribution in [3.63, 3.8) is 0 Å². The SMILES string of the molecule is CN(Cc1ccncc1)C(=O)N1CCCCCC1C(=O)O. The minimum absolute atomic E-state index is 0.221. The molecule has 0 aromatic carbocycles. The Morgan fingerprint density at radius 3 is 2.71 bits per heavy atom. The van der Waals surface area contributed by atoms with E-state index in [1.54, 1.807) is 24.3 Å². The van der Waals surface area contributed by atoms with Gasteiger partial charge in [0.05, 0.1) is 0 Å². The summed E-state index contributed by atoms with van der Waals surface area (Å²) >= 11 is 0. The predicted molar refractivity (Wildman–Crippen MR) is 77.7 cm³/mol. The molecule has 1 aliphatic rings. The van der Waals surface area contributed by atoms with Crippen LogP contribution in [0.4, 0.5) is 4.79 Å². The number of nitrogens with zero attached hydrogens (tertiary/aromatic N) is 3. The zero-order valence-electron chi connectivity index (χ0n) is 12.2. The molecule has 1 aromatic rings. The third-order valence-electron chi connectivity index (χ3n) is 3.78. The summed E-state index contributed by atoms with van der Waals surface area (Å²) in [4.78, 5) is 30.9. The van der Waals surface area contributed by atoms with Gasteiger partial charge in [-0.3, -0.25) is 4.98 Å². The van der Waals surface area contributed by atoms with Crippen molar-refractivity contribution in [3.8, 4) is 0 Å².